The molecule has 5 heteroatoms. The maximum atomic E-state index is 5.65. The number of nitrogens with zero attached hydrogens (tertiary/aromatic N) is 3. The number of pyridine rings is 1. The summed E-state index contributed by atoms with van der Waals surface area (Å²) in [7, 11) is 3.95. The lowest BCUT2D eigenvalue weighted by atomic mass is 10.2. The number of anilines is 1. The predicted molar refractivity (Wildman–Crippen MR) is 71.9 cm³/mol. The highest BCUT2D eigenvalue weighted by atomic mass is 35.5. The summed E-state index contributed by atoms with van der Waals surface area (Å²) in [5.41, 5.74) is 1.79. The van der Waals surface area contributed by atoms with E-state index in [0.717, 1.165) is 42.1 Å². The van der Waals surface area contributed by atoms with Crippen molar-refractivity contribution in [1.82, 2.24) is 15.0 Å². The van der Waals surface area contributed by atoms with Crippen molar-refractivity contribution in [2.75, 3.05) is 24.9 Å². The fourth-order valence-corrected chi connectivity index (χ4v) is 1.88. The van der Waals surface area contributed by atoms with Gasteiger partial charge in [-0.05, 0) is 25.0 Å². The van der Waals surface area contributed by atoms with Crippen LogP contribution in [-0.4, -0.2) is 34.9 Å². The molecule has 0 unspecified atom stereocenters. The number of halogens is 1. The van der Waals surface area contributed by atoms with E-state index < -0.39 is 0 Å². The lowest BCUT2D eigenvalue weighted by Crippen LogP contribution is -2.10. The highest BCUT2D eigenvalue weighted by Gasteiger charge is 2.05. The monoisotopic (exact) mass is 252 g/mol. The minimum absolute atomic E-state index is 0.712. The van der Waals surface area contributed by atoms with Crippen molar-refractivity contribution in [3.8, 4) is 0 Å². The number of nitrogens with one attached hydrogen (secondary N) is 1. The number of imidazole rings is 1. The van der Waals surface area contributed by atoms with Gasteiger partial charge in [-0.25, -0.2) is 9.97 Å². The normalized spacial score (nSPS) is 11.0. The van der Waals surface area contributed by atoms with E-state index in [4.69, 9.17) is 11.6 Å². The molecule has 0 spiro atoms. The second kappa shape index (κ2) is 5.36. The molecule has 0 saturated carbocycles. The summed E-state index contributed by atoms with van der Waals surface area (Å²) >= 11 is 5.65. The molecular weight excluding hydrogens is 236 g/mol. The molecule has 0 amide bonds. The molecule has 0 radical (unpaired) electrons. The van der Waals surface area contributed by atoms with E-state index in [0.29, 0.717) is 5.88 Å². The third-order valence-electron chi connectivity index (χ3n) is 2.64. The smallest absolute Gasteiger partial charge is 0.179 e. The SMILES string of the molecule is CN(C)c1ccc2[nH]c(CCCCCl)nc2n1. The largest absolute Gasteiger partial charge is 0.363 e. The number of aryl methyl sites for hydroxylation is 1. The van der Waals surface area contributed by atoms with Gasteiger partial charge in [0.2, 0.25) is 0 Å². The van der Waals surface area contributed by atoms with Crippen LogP contribution in [0.3, 0.4) is 0 Å². The van der Waals surface area contributed by atoms with Gasteiger partial charge in [-0.1, -0.05) is 0 Å². The van der Waals surface area contributed by atoms with E-state index in [1.165, 1.54) is 0 Å². The first kappa shape index (κ1) is 12.2. The van der Waals surface area contributed by atoms with Gasteiger partial charge >= 0.3 is 0 Å². The van der Waals surface area contributed by atoms with Gasteiger partial charge in [-0.2, -0.15) is 0 Å². The van der Waals surface area contributed by atoms with Gasteiger partial charge in [0.05, 0.1) is 5.52 Å². The van der Waals surface area contributed by atoms with Crippen LogP contribution in [0.4, 0.5) is 5.82 Å². The summed E-state index contributed by atoms with van der Waals surface area (Å²) in [5, 5.41) is 0. The van der Waals surface area contributed by atoms with Gasteiger partial charge in [-0.15, -0.1) is 11.6 Å². The first-order valence-corrected chi connectivity index (χ1v) is 6.33. The van der Waals surface area contributed by atoms with Crippen molar-refractivity contribution >= 4 is 28.6 Å². The number of unbranched alkanes of at least 4 members (excludes halogenated alkanes) is 1. The summed E-state index contributed by atoms with van der Waals surface area (Å²) in [4.78, 5) is 14.2. The van der Waals surface area contributed by atoms with E-state index in [9.17, 15) is 0 Å². The number of alkyl halides is 1. The van der Waals surface area contributed by atoms with Crippen molar-refractivity contribution in [2.24, 2.45) is 0 Å². The predicted octanol–water partition coefficient (Wildman–Crippen LogP) is 2.59. The van der Waals surface area contributed by atoms with Gasteiger partial charge in [-0.3, -0.25) is 0 Å². The molecule has 2 heterocycles. The number of H-pyrrole nitrogens is 1. The number of aromatic amines is 1. The van der Waals surface area contributed by atoms with E-state index >= 15 is 0 Å². The molecule has 92 valence electrons. The number of aromatic nitrogens is 3. The first-order chi connectivity index (χ1) is 8.20. The molecule has 1 N–H and O–H groups in total. The van der Waals surface area contributed by atoms with Crippen LogP contribution in [0.5, 0.6) is 0 Å². The van der Waals surface area contributed by atoms with E-state index in [-0.39, 0.29) is 0 Å². The molecular formula is C12H17ClN4. The molecule has 17 heavy (non-hydrogen) atoms. The summed E-state index contributed by atoms with van der Waals surface area (Å²) in [5.74, 6) is 2.63. The molecule has 0 aliphatic rings. The van der Waals surface area contributed by atoms with Gasteiger partial charge in [0.15, 0.2) is 5.65 Å². The van der Waals surface area contributed by atoms with Crippen LogP contribution in [-0.2, 0) is 6.42 Å². The first-order valence-electron chi connectivity index (χ1n) is 5.79. The Balaban J connectivity index is 2.18. The Labute approximate surface area is 106 Å². The van der Waals surface area contributed by atoms with Crippen molar-refractivity contribution in [2.45, 2.75) is 19.3 Å². The van der Waals surface area contributed by atoms with Crippen LogP contribution in [0.2, 0.25) is 0 Å². The molecule has 0 bridgehead atoms. The zero-order chi connectivity index (χ0) is 12.3. The van der Waals surface area contributed by atoms with Crippen LogP contribution in [0.15, 0.2) is 12.1 Å². The lowest BCUT2D eigenvalue weighted by molar-refractivity contribution is 0.768. The third kappa shape index (κ3) is 2.88. The van der Waals surface area contributed by atoms with Crippen LogP contribution in [0.25, 0.3) is 11.2 Å². The number of hydrogen-bond donors (Lipinski definition) is 1. The van der Waals surface area contributed by atoms with Gasteiger partial charge in [0.25, 0.3) is 0 Å². The minimum Gasteiger partial charge on any atom is -0.363 e. The van der Waals surface area contributed by atoms with Crippen molar-refractivity contribution in [1.29, 1.82) is 0 Å². The van der Waals surface area contributed by atoms with Gasteiger partial charge in [0.1, 0.15) is 11.6 Å². The van der Waals surface area contributed by atoms with Gasteiger partial charge in [0, 0.05) is 26.4 Å². The summed E-state index contributed by atoms with van der Waals surface area (Å²) in [6.07, 6.45) is 3.01. The van der Waals surface area contributed by atoms with Crippen molar-refractivity contribution < 1.29 is 0 Å². The highest BCUT2D eigenvalue weighted by Crippen LogP contribution is 2.15. The highest BCUT2D eigenvalue weighted by molar-refractivity contribution is 6.17. The van der Waals surface area contributed by atoms with Crippen LogP contribution >= 0.6 is 11.6 Å². The molecule has 2 rings (SSSR count). The zero-order valence-electron chi connectivity index (χ0n) is 10.2. The standard InChI is InChI=1S/C12H17ClN4/c1-17(2)11-7-6-9-12(16-11)15-10(14-9)5-3-4-8-13/h6-7H,3-5,8H2,1-2H3,(H,14,15,16). The third-order valence-corrected chi connectivity index (χ3v) is 2.90. The Morgan fingerprint density at radius 2 is 2.06 bits per heavy atom. The topological polar surface area (TPSA) is 44.8 Å². The zero-order valence-corrected chi connectivity index (χ0v) is 11.0. The fourth-order valence-electron chi connectivity index (χ4n) is 1.69. The molecule has 4 nitrogen and oxygen atoms in total. The molecule has 0 fully saturated rings. The average Bonchev–Trinajstić information content (AvgIpc) is 2.70. The Morgan fingerprint density at radius 1 is 1.24 bits per heavy atom. The molecule has 0 saturated heterocycles. The Hall–Kier alpha value is -1.29. The number of hydrogen-bond acceptors (Lipinski definition) is 3. The Kier molecular flexibility index (Phi) is 3.84. The maximum absolute atomic E-state index is 5.65. The molecule has 0 aliphatic carbocycles. The molecule has 0 atom stereocenters. The van der Waals surface area contributed by atoms with Crippen LogP contribution in [0.1, 0.15) is 18.7 Å². The summed E-state index contributed by atoms with van der Waals surface area (Å²) < 4.78 is 0. The Morgan fingerprint density at radius 3 is 2.76 bits per heavy atom. The minimum atomic E-state index is 0.712. The second-order valence-electron chi connectivity index (χ2n) is 4.26. The van der Waals surface area contributed by atoms with Gasteiger partial charge < -0.3 is 9.88 Å². The number of rotatable bonds is 5. The molecule has 2 aromatic heterocycles. The van der Waals surface area contributed by atoms with E-state index in [1.54, 1.807) is 0 Å². The van der Waals surface area contributed by atoms with E-state index in [1.807, 2.05) is 31.1 Å². The fraction of sp³-hybridized carbons (Fsp3) is 0.500. The quantitative estimate of drug-likeness (QED) is 0.657. The van der Waals surface area contributed by atoms with Crippen LogP contribution < -0.4 is 4.90 Å². The second-order valence-corrected chi connectivity index (χ2v) is 4.64. The Bertz CT molecular complexity index is 492. The average molecular weight is 253 g/mol. The maximum Gasteiger partial charge on any atom is 0.179 e. The lowest BCUT2D eigenvalue weighted by Gasteiger charge is -2.09. The molecule has 0 aliphatic heterocycles. The molecule has 0 aromatic carbocycles. The summed E-state index contributed by atoms with van der Waals surface area (Å²) in [6, 6.07) is 4.01. The number of fused-ring (bicyclic) bond motifs is 1. The van der Waals surface area contributed by atoms with Crippen LogP contribution in [0, 0.1) is 0 Å². The van der Waals surface area contributed by atoms with E-state index in [2.05, 4.69) is 15.0 Å². The van der Waals surface area contributed by atoms with Crippen molar-refractivity contribution in [3.63, 3.8) is 0 Å². The summed E-state index contributed by atoms with van der Waals surface area (Å²) in [6.45, 7) is 0. The van der Waals surface area contributed by atoms with Crippen molar-refractivity contribution in [3.05, 3.63) is 18.0 Å². The molecule has 2 aromatic rings.